The van der Waals surface area contributed by atoms with Gasteiger partial charge in [0, 0.05) is 0 Å². The smallest absolute Gasteiger partial charge is 0.328 e. The van der Waals surface area contributed by atoms with Gasteiger partial charge in [-0.3, -0.25) is 9.59 Å². The zero-order chi connectivity index (χ0) is 17.0. The molecule has 22 heavy (non-hydrogen) atoms. The lowest BCUT2D eigenvalue weighted by atomic mass is 10.1. The van der Waals surface area contributed by atoms with Crippen LogP contribution in [-0.4, -0.2) is 41.8 Å². The Labute approximate surface area is 140 Å². The number of hydrogen-bond donors (Lipinski definition) is 2. The Kier molecular flexibility index (Phi) is 11.8. The SMILES string of the molecule is CCCOC(=O)[C@H](CCC)NC(=O)[C@H](CCC)NC(=O)CBr. The quantitative estimate of drug-likeness (QED) is 0.424. The van der Waals surface area contributed by atoms with Crippen molar-refractivity contribution >= 4 is 33.7 Å². The largest absolute Gasteiger partial charge is 0.464 e. The number of rotatable bonds is 11. The highest BCUT2D eigenvalue weighted by Gasteiger charge is 2.26. The Bertz CT molecular complexity index is 363. The molecule has 0 aromatic rings. The molecular weight excluding hydrogens is 352 g/mol. The highest BCUT2D eigenvalue weighted by Crippen LogP contribution is 2.04. The first kappa shape index (κ1) is 20.9. The van der Waals surface area contributed by atoms with Gasteiger partial charge in [-0.05, 0) is 19.3 Å². The summed E-state index contributed by atoms with van der Waals surface area (Å²) in [5.74, 6) is -1.02. The molecule has 0 aliphatic heterocycles. The van der Waals surface area contributed by atoms with E-state index in [2.05, 4.69) is 26.6 Å². The van der Waals surface area contributed by atoms with Gasteiger partial charge in [0.1, 0.15) is 12.1 Å². The fraction of sp³-hybridized carbons (Fsp3) is 0.800. The van der Waals surface area contributed by atoms with E-state index in [0.717, 1.165) is 19.3 Å². The number of halogens is 1. The van der Waals surface area contributed by atoms with Crippen molar-refractivity contribution in [3.05, 3.63) is 0 Å². The monoisotopic (exact) mass is 378 g/mol. The van der Waals surface area contributed by atoms with Crippen LogP contribution >= 0.6 is 15.9 Å². The van der Waals surface area contributed by atoms with E-state index in [1.54, 1.807) is 0 Å². The summed E-state index contributed by atoms with van der Waals surface area (Å²) >= 11 is 3.05. The number of carbonyl (C=O) groups is 3. The van der Waals surface area contributed by atoms with Crippen molar-refractivity contribution in [2.75, 3.05) is 11.9 Å². The van der Waals surface area contributed by atoms with Gasteiger partial charge >= 0.3 is 5.97 Å². The summed E-state index contributed by atoms with van der Waals surface area (Å²) in [5.41, 5.74) is 0. The third kappa shape index (κ3) is 8.36. The summed E-state index contributed by atoms with van der Waals surface area (Å²) < 4.78 is 5.10. The van der Waals surface area contributed by atoms with E-state index in [4.69, 9.17) is 4.74 Å². The Morgan fingerprint density at radius 3 is 2.05 bits per heavy atom. The van der Waals surface area contributed by atoms with Gasteiger partial charge < -0.3 is 15.4 Å². The summed E-state index contributed by atoms with van der Waals surface area (Å²) in [6.45, 7) is 6.11. The summed E-state index contributed by atoms with van der Waals surface area (Å²) in [6.07, 6.45) is 3.27. The summed E-state index contributed by atoms with van der Waals surface area (Å²) in [6, 6.07) is -1.29. The van der Waals surface area contributed by atoms with E-state index < -0.39 is 18.1 Å². The minimum Gasteiger partial charge on any atom is -0.464 e. The number of esters is 1. The topological polar surface area (TPSA) is 84.5 Å². The number of alkyl halides is 1. The zero-order valence-electron chi connectivity index (χ0n) is 13.6. The van der Waals surface area contributed by atoms with Gasteiger partial charge in [0.05, 0.1) is 11.9 Å². The van der Waals surface area contributed by atoms with Crippen molar-refractivity contribution in [1.82, 2.24) is 10.6 Å². The van der Waals surface area contributed by atoms with Gasteiger partial charge in [0.15, 0.2) is 0 Å². The lowest BCUT2D eigenvalue weighted by Crippen LogP contribution is -2.52. The highest BCUT2D eigenvalue weighted by molar-refractivity contribution is 9.09. The minimum atomic E-state index is -0.663. The fourth-order valence-electron chi connectivity index (χ4n) is 1.90. The van der Waals surface area contributed by atoms with Gasteiger partial charge in [-0.15, -0.1) is 0 Å². The van der Waals surface area contributed by atoms with Crippen LogP contribution in [0, 0.1) is 0 Å². The van der Waals surface area contributed by atoms with Crippen LogP contribution in [0.2, 0.25) is 0 Å². The molecule has 128 valence electrons. The molecule has 0 bridgehead atoms. The Hall–Kier alpha value is -1.11. The molecular formula is C15H27BrN2O4. The van der Waals surface area contributed by atoms with Gasteiger partial charge in [0.2, 0.25) is 11.8 Å². The first-order valence-corrected chi connectivity index (χ1v) is 8.94. The highest BCUT2D eigenvalue weighted by atomic mass is 79.9. The van der Waals surface area contributed by atoms with Crippen LogP contribution in [-0.2, 0) is 19.1 Å². The minimum absolute atomic E-state index is 0.136. The van der Waals surface area contributed by atoms with Crippen LogP contribution in [0.15, 0.2) is 0 Å². The average molecular weight is 379 g/mol. The summed E-state index contributed by atoms with van der Waals surface area (Å²) in [5, 5.41) is 5.48. The molecule has 0 aliphatic rings. The normalized spacial score (nSPS) is 13.1. The van der Waals surface area contributed by atoms with Crippen LogP contribution in [0.5, 0.6) is 0 Å². The number of carbonyl (C=O) groups excluding carboxylic acids is 3. The number of nitrogens with one attached hydrogen (secondary N) is 2. The van der Waals surface area contributed by atoms with Crippen molar-refractivity contribution in [2.24, 2.45) is 0 Å². The van der Waals surface area contributed by atoms with Crippen LogP contribution < -0.4 is 10.6 Å². The molecule has 0 heterocycles. The van der Waals surface area contributed by atoms with Gasteiger partial charge in [-0.1, -0.05) is 49.5 Å². The number of ether oxygens (including phenoxy) is 1. The first-order valence-electron chi connectivity index (χ1n) is 7.82. The molecule has 0 fully saturated rings. The van der Waals surface area contributed by atoms with E-state index in [1.807, 2.05) is 20.8 Å². The molecule has 6 nitrogen and oxygen atoms in total. The third-order valence-electron chi connectivity index (χ3n) is 2.98. The molecule has 0 saturated heterocycles. The molecule has 0 radical (unpaired) electrons. The maximum absolute atomic E-state index is 12.3. The van der Waals surface area contributed by atoms with Gasteiger partial charge in [0.25, 0.3) is 0 Å². The molecule has 0 saturated carbocycles. The van der Waals surface area contributed by atoms with Crippen molar-refractivity contribution in [3.63, 3.8) is 0 Å². The van der Waals surface area contributed by atoms with Crippen molar-refractivity contribution < 1.29 is 19.1 Å². The van der Waals surface area contributed by atoms with Gasteiger partial charge in [-0.2, -0.15) is 0 Å². The van der Waals surface area contributed by atoms with Crippen LogP contribution in [0.25, 0.3) is 0 Å². The lowest BCUT2D eigenvalue weighted by Gasteiger charge is -2.22. The van der Waals surface area contributed by atoms with E-state index in [-0.39, 0.29) is 17.1 Å². The molecule has 2 N–H and O–H groups in total. The first-order chi connectivity index (χ1) is 10.5. The molecule has 2 amide bonds. The molecule has 0 spiro atoms. The van der Waals surface area contributed by atoms with Crippen molar-refractivity contribution in [1.29, 1.82) is 0 Å². The van der Waals surface area contributed by atoms with Crippen LogP contribution in [0.4, 0.5) is 0 Å². The molecule has 0 aromatic carbocycles. The van der Waals surface area contributed by atoms with E-state index in [0.29, 0.717) is 19.4 Å². The molecule has 0 rings (SSSR count). The third-order valence-corrected chi connectivity index (χ3v) is 3.49. The molecule has 0 aromatic heterocycles. The van der Waals surface area contributed by atoms with E-state index >= 15 is 0 Å². The Morgan fingerprint density at radius 2 is 1.55 bits per heavy atom. The summed E-state index contributed by atoms with van der Waals surface area (Å²) in [4.78, 5) is 35.7. The molecule has 0 aliphatic carbocycles. The zero-order valence-corrected chi connectivity index (χ0v) is 15.2. The second-order valence-corrected chi connectivity index (χ2v) is 5.62. The number of amides is 2. The van der Waals surface area contributed by atoms with Gasteiger partial charge in [-0.25, -0.2) is 4.79 Å². The second kappa shape index (κ2) is 12.4. The Morgan fingerprint density at radius 1 is 0.955 bits per heavy atom. The standard InChI is InChI=1S/C15H27BrN2O4/c1-4-7-11(17-13(19)10-16)14(20)18-12(8-5-2)15(21)22-9-6-3/h11-12H,4-10H2,1-3H3,(H,17,19)(H,18,20)/t11-,12-/m0/s1. The lowest BCUT2D eigenvalue weighted by molar-refractivity contribution is -0.148. The van der Waals surface area contributed by atoms with E-state index in [9.17, 15) is 14.4 Å². The maximum atomic E-state index is 12.3. The number of hydrogen-bond acceptors (Lipinski definition) is 4. The molecule has 2 atom stereocenters. The Balaban J connectivity index is 4.73. The predicted molar refractivity (Wildman–Crippen MR) is 88.7 cm³/mol. The molecule has 0 unspecified atom stereocenters. The van der Waals surface area contributed by atoms with Crippen molar-refractivity contribution in [2.45, 2.75) is 65.0 Å². The maximum Gasteiger partial charge on any atom is 0.328 e. The average Bonchev–Trinajstić information content (AvgIpc) is 2.51. The van der Waals surface area contributed by atoms with E-state index in [1.165, 1.54) is 0 Å². The van der Waals surface area contributed by atoms with Crippen LogP contribution in [0.1, 0.15) is 52.9 Å². The molecule has 7 heteroatoms. The predicted octanol–water partition coefficient (Wildman–Crippen LogP) is 1.90. The second-order valence-electron chi connectivity index (χ2n) is 5.06. The van der Waals surface area contributed by atoms with Crippen molar-refractivity contribution in [3.8, 4) is 0 Å². The summed E-state index contributed by atoms with van der Waals surface area (Å²) in [7, 11) is 0. The fourth-order valence-corrected chi connectivity index (χ4v) is 2.07. The van der Waals surface area contributed by atoms with Crippen LogP contribution in [0.3, 0.4) is 0 Å².